The lowest BCUT2D eigenvalue weighted by Crippen LogP contribution is -2.36. The quantitative estimate of drug-likeness (QED) is 0.851. The number of amides is 2. The molecule has 0 atom stereocenters. The fourth-order valence-electron chi connectivity index (χ4n) is 2.34. The molecule has 0 aromatic heterocycles. The largest absolute Gasteiger partial charge is 0.386 e. The van der Waals surface area contributed by atoms with E-state index in [-0.39, 0.29) is 5.91 Å². The maximum atomic E-state index is 11.5. The van der Waals surface area contributed by atoms with Crippen molar-refractivity contribution in [3.8, 4) is 0 Å². The molecule has 0 saturated carbocycles. The zero-order valence-corrected chi connectivity index (χ0v) is 11.8. The van der Waals surface area contributed by atoms with Gasteiger partial charge in [0.15, 0.2) is 0 Å². The van der Waals surface area contributed by atoms with Gasteiger partial charge in [-0.3, -0.25) is 14.5 Å². The molecule has 0 radical (unpaired) electrons. The zero-order valence-electron chi connectivity index (χ0n) is 11.8. The van der Waals surface area contributed by atoms with Crippen molar-refractivity contribution in [2.24, 2.45) is 0 Å². The molecule has 0 saturated heterocycles. The van der Waals surface area contributed by atoms with Crippen LogP contribution >= 0.6 is 0 Å². The number of hydrogen-bond acceptors (Lipinski definition) is 3. The number of hydrogen-bond donors (Lipinski definition) is 1. The topological polar surface area (TPSA) is 52.7 Å². The average molecular weight is 273 g/mol. The van der Waals surface area contributed by atoms with Gasteiger partial charge in [0.1, 0.15) is 0 Å². The van der Waals surface area contributed by atoms with Gasteiger partial charge in [-0.05, 0) is 18.2 Å². The molecule has 5 heteroatoms. The smallest absolute Gasteiger partial charge is 0.219 e. The summed E-state index contributed by atoms with van der Waals surface area (Å²) in [6.45, 7) is 2.76. The van der Waals surface area contributed by atoms with Crippen molar-refractivity contribution in [3.63, 3.8) is 0 Å². The Morgan fingerprint density at radius 1 is 1.40 bits per heavy atom. The highest BCUT2D eigenvalue weighted by Crippen LogP contribution is 2.29. The van der Waals surface area contributed by atoms with Crippen molar-refractivity contribution in [2.45, 2.75) is 13.3 Å². The van der Waals surface area contributed by atoms with Crippen molar-refractivity contribution >= 4 is 23.7 Å². The molecule has 0 bridgehead atoms. The Morgan fingerprint density at radius 2 is 2.15 bits per heavy atom. The highest BCUT2D eigenvalue weighted by Gasteiger charge is 2.20. The molecule has 106 valence electrons. The third kappa shape index (κ3) is 2.82. The van der Waals surface area contributed by atoms with Gasteiger partial charge < -0.3 is 10.2 Å². The number of carbonyl (C=O) groups is 2. The standard InChI is InChI=1S/C15H19N3O2/c1-12(20)17-9-7-13(8-10-17)18(11-19)15-6-4-3-5-14(15)16-2/h3-7,11,16H,8-10H2,1-2H3. The third-order valence-corrected chi connectivity index (χ3v) is 3.48. The van der Waals surface area contributed by atoms with Gasteiger partial charge in [0, 0.05) is 39.2 Å². The fourth-order valence-corrected chi connectivity index (χ4v) is 2.34. The van der Waals surface area contributed by atoms with Crippen LogP contribution in [0, 0.1) is 0 Å². The van der Waals surface area contributed by atoms with Crippen LogP contribution < -0.4 is 10.2 Å². The number of nitrogens with one attached hydrogen (secondary N) is 1. The first-order valence-electron chi connectivity index (χ1n) is 6.63. The van der Waals surface area contributed by atoms with E-state index in [9.17, 15) is 9.59 Å². The minimum atomic E-state index is 0.0635. The number of nitrogens with zero attached hydrogens (tertiary/aromatic N) is 2. The van der Waals surface area contributed by atoms with Crippen LogP contribution in [-0.4, -0.2) is 37.4 Å². The van der Waals surface area contributed by atoms with Crippen LogP contribution in [0.4, 0.5) is 11.4 Å². The average Bonchev–Trinajstić information content (AvgIpc) is 2.49. The van der Waals surface area contributed by atoms with Gasteiger partial charge in [-0.2, -0.15) is 0 Å². The Hall–Kier alpha value is -2.30. The number of anilines is 2. The summed E-state index contributed by atoms with van der Waals surface area (Å²) in [5, 5.41) is 3.08. The highest BCUT2D eigenvalue weighted by molar-refractivity contribution is 5.87. The van der Waals surface area contributed by atoms with Gasteiger partial charge in [0.25, 0.3) is 0 Å². The molecular formula is C15H19N3O2. The van der Waals surface area contributed by atoms with E-state index in [0.29, 0.717) is 19.5 Å². The molecule has 1 aromatic rings. The summed E-state index contributed by atoms with van der Waals surface area (Å²) >= 11 is 0. The summed E-state index contributed by atoms with van der Waals surface area (Å²) in [6, 6.07) is 7.65. The van der Waals surface area contributed by atoms with Crippen LogP contribution in [0.2, 0.25) is 0 Å². The van der Waals surface area contributed by atoms with Gasteiger partial charge in [0.05, 0.1) is 11.4 Å². The van der Waals surface area contributed by atoms with Gasteiger partial charge in [-0.1, -0.05) is 12.1 Å². The Morgan fingerprint density at radius 3 is 2.70 bits per heavy atom. The van der Waals surface area contributed by atoms with Gasteiger partial charge >= 0.3 is 0 Å². The Balaban J connectivity index is 2.25. The predicted molar refractivity (Wildman–Crippen MR) is 79.5 cm³/mol. The second kappa shape index (κ2) is 6.23. The molecule has 5 nitrogen and oxygen atoms in total. The van der Waals surface area contributed by atoms with Gasteiger partial charge in [-0.25, -0.2) is 0 Å². The molecule has 20 heavy (non-hydrogen) atoms. The maximum Gasteiger partial charge on any atom is 0.219 e. The summed E-state index contributed by atoms with van der Waals surface area (Å²) in [6.07, 6.45) is 3.44. The van der Waals surface area contributed by atoms with Crippen LogP contribution in [0.25, 0.3) is 0 Å². The van der Waals surface area contributed by atoms with Crippen LogP contribution in [0.15, 0.2) is 36.0 Å². The fraction of sp³-hybridized carbons (Fsp3) is 0.333. The van der Waals surface area contributed by atoms with Crippen molar-refractivity contribution in [1.82, 2.24) is 4.90 Å². The number of benzene rings is 1. The van der Waals surface area contributed by atoms with Crippen LogP contribution in [0.1, 0.15) is 13.3 Å². The third-order valence-electron chi connectivity index (χ3n) is 3.48. The van der Waals surface area contributed by atoms with Crippen molar-refractivity contribution in [2.75, 3.05) is 30.4 Å². The molecule has 0 aliphatic carbocycles. The lowest BCUT2D eigenvalue weighted by atomic mass is 10.1. The number of rotatable bonds is 4. The molecule has 1 aliphatic heterocycles. The first kappa shape index (κ1) is 14.1. The molecule has 1 aromatic carbocycles. The first-order valence-corrected chi connectivity index (χ1v) is 6.63. The van der Waals surface area contributed by atoms with Gasteiger partial charge in [0.2, 0.25) is 12.3 Å². The second-order valence-corrected chi connectivity index (χ2v) is 4.65. The maximum absolute atomic E-state index is 11.5. The molecule has 0 unspecified atom stereocenters. The lowest BCUT2D eigenvalue weighted by molar-refractivity contribution is -0.128. The van der Waals surface area contributed by atoms with E-state index in [1.807, 2.05) is 37.4 Å². The molecule has 1 N–H and O–H groups in total. The van der Waals surface area contributed by atoms with E-state index in [1.54, 1.807) is 16.7 Å². The monoisotopic (exact) mass is 273 g/mol. The van der Waals surface area contributed by atoms with E-state index in [4.69, 9.17) is 0 Å². The first-order chi connectivity index (χ1) is 9.67. The Labute approximate surface area is 118 Å². The molecule has 1 aliphatic rings. The summed E-state index contributed by atoms with van der Waals surface area (Å²) < 4.78 is 0. The minimum Gasteiger partial charge on any atom is -0.386 e. The van der Waals surface area contributed by atoms with E-state index < -0.39 is 0 Å². The normalized spacial score (nSPS) is 14.5. The summed E-state index contributed by atoms with van der Waals surface area (Å²) in [4.78, 5) is 26.2. The molecule has 2 rings (SSSR count). The van der Waals surface area contributed by atoms with E-state index >= 15 is 0 Å². The summed E-state index contributed by atoms with van der Waals surface area (Å²) in [7, 11) is 1.83. The second-order valence-electron chi connectivity index (χ2n) is 4.65. The molecule has 0 spiro atoms. The number of carbonyl (C=O) groups excluding carboxylic acids is 2. The minimum absolute atomic E-state index is 0.0635. The van der Waals surface area contributed by atoms with E-state index in [0.717, 1.165) is 23.5 Å². The SMILES string of the molecule is CNc1ccccc1N(C=O)C1=CCN(C(C)=O)CC1. The van der Waals surface area contributed by atoms with E-state index in [2.05, 4.69) is 5.32 Å². The highest BCUT2D eigenvalue weighted by atomic mass is 16.2. The molecule has 0 fully saturated rings. The zero-order chi connectivity index (χ0) is 14.5. The van der Waals surface area contributed by atoms with Crippen LogP contribution in [0.3, 0.4) is 0 Å². The molecule has 1 heterocycles. The van der Waals surface area contributed by atoms with Gasteiger partial charge in [-0.15, -0.1) is 0 Å². The van der Waals surface area contributed by atoms with Crippen molar-refractivity contribution in [1.29, 1.82) is 0 Å². The van der Waals surface area contributed by atoms with Crippen molar-refractivity contribution < 1.29 is 9.59 Å². The predicted octanol–water partition coefficient (Wildman–Crippen LogP) is 1.83. The van der Waals surface area contributed by atoms with Crippen LogP contribution in [-0.2, 0) is 9.59 Å². The molecular weight excluding hydrogens is 254 g/mol. The van der Waals surface area contributed by atoms with Crippen molar-refractivity contribution in [3.05, 3.63) is 36.0 Å². The lowest BCUT2D eigenvalue weighted by Gasteiger charge is -2.30. The van der Waals surface area contributed by atoms with Crippen LogP contribution in [0.5, 0.6) is 0 Å². The number of para-hydroxylation sites is 2. The summed E-state index contributed by atoms with van der Waals surface area (Å²) in [5.41, 5.74) is 2.65. The Kier molecular flexibility index (Phi) is 4.40. The Bertz CT molecular complexity index is 540. The summed E-state index contributed by atoms with van der Waals surface area (Å²) in [5.74, 6) is 0.0635. The molecule has 2 amide bonds. The van der Waals surface area contributed by atoms with E-state index in [1.165, 1.54) is 0 Å².